The monoisotopic (exact) mass is 199 g/mol. The van der Waals surface area contributed by atoms with Crippen LogP contribution >= 0.6 is 0 Å². The Hall–Kier alpha value is -0.120. The summed E-state index contributed by atoms with van der Waals surface area (Å²) >= 11 is 0. The highest BCUT2D eigenvalue weighted by atomic mass is 16.5. The molecule has 2 fully saturated rings. The first kappa shape index (κ1) is 10.4. The minimum absolute atomic E-state index is 0.361. The maximum Gasteiger partial charge on any atom is 0.0774 e. The summed E-state index contributed by atoms with van der Waals surface area (Å²) < 4.78 is 5.34. The van der Waals surface area contributed by atoms with Crippen molar-refractivity contribution in [3.63, 3.8) is 0 Å². The minimum Gasteiger partial charge on any atom is -0.389 e. The van der Waals surface area contributed by atoms with E-state index in [1.165, 1.54) is 12.8 Å². The molecule has 82 valence electrons. The van der Waals surface area contributed by atoms with Crippen LogP contribution in [0.5, 0.6) is 0 Å². The molecule has 3 heteroatoms. The van der Waals surface area contributed by atoms with Gasteiger partial charge in [-0.05, 0) is 19.8 Å². The lowest BCUT2D eigenvalue weighted by atomic mass is 9.80. The summed E-state index contributed by atoms with van der Waals surface area (Å²) in [6, 6.07) is 0.361. The van der Waals surface area contributed by atoms with Gasteiger partial charge in [0.25, 0.3) is 0 Å². The molecule has 1 heterocycles. The molecule has 0 bridgehead atoms. The summed E-state index contributed by atoms with van der Waals surface area (Å²) in [6.07, 6.45) is 4.54. The average molecular weight is 199 g/mol. The molecular weight excluding hydrogens is 178 g/mol. The van der Waals surface area contributed by atoms with Gasteiger partial charge in [-0.1, -0.05) is 12.8 Å². The topological polar surface area (TPSA) is 32.7 Å². The number of ether oxygens (including phenoxy) is 1. The lowest BCUT2D eigenvalue weighted by Gasteiger charge is -2.45. The van der Waals surface area contributed by atoms with E-state index in [4.69, 9.17) is 4.74 Å². The molecular formula is C11H21NO2. The molecule has 2 unspecified atom stereocenters. The molecule has 0 radical (unpaired) electrons. The highest BCUT2D eigenvalue weighted by Gasteiger charge is 2.38. The fourth-order valence-electron chi connectivity index (χ4n) is 2.76. The Balaban J connectivity index is 1.99. The van der Waals surface area contributed by atoms with Crippen molar-refractivity contribution in [3.05, 3.63) is 0 Å². The Morgan fingerprint density at radius 1 is 1.29 bits per heavy atom. The third-order valence-corrected chi connectivity index (χ3v) is 3.61. The van der Waals surface area contributed by atoms with E-state index in [0.717, 1.165) is 39.1 Å². The van der Waals surface area contributed by atoms with Gasteiger partial charge in [-0.3, -0.25) is 4.90 Å². The van der Waals surface area contributed by atoms with Crippen molar-refractivity contribution in [1.82, 2.24) is 4.90 Å². The van der Waals surface area contributed by atoms with Crippen LogP contribution in [0.25, 0.3) is 0 Å². The van der Waals surface area contributed by atoms with E-state index in [1.807, 2.05) is 6.92 Å². The van der Waals surface area contributed by atoms with Gasteiger partial charge in [-0.2, -0.15) is 0 Å². The molecule has 1 aliphatic carbocycles. The summed E-state index contributed by atoms with van der Waals surface area (Å²) in [5, 5.41) is 10.3. The summed E-state index contributed by atoms with van der Waals surface area (Å²) in [7, 11) is 0. The fraction of sp³-hybridized carbons (Fsp3) is 1.00. The van der Waals surface area contributed by atoms with E-state index in [9.17, 15) is 5.11 Å². The van der Waals surface area contributed by atoms with Gasteiger partial charge in [0, 0.05) is 19.1 Å². The highest BCUT2D eigenvalue weighted by molar-refractivity contribution is 4.93. The normalized spacial score (nSPS) is 41.1. The van der Waals surface area contributed by atoms with Crippen LogP contribution in [0.2, 0.25) is 0 Å². The second kappa shape index (κ2) is 4.17. The molecule has 1 N–H and O–H groups in total. The molecule has 0 amide bonds. The van der Waals surface area contributed by atoms with Crippen molar-refractivity contribution >= 4 is 0 Å². The molecule has 0 aromatic carbocycles. The number of rotatable bonds is 1. The molecule has 0 aromatic rings. The fourth-order valence-corrected chi connectivity index (χ4v) is 2.76. The maximum atomic E-state index is 10.3. The molecule has 1 saturated carbocycles. The zero-order valence-electron chi connectivity index (χ0n) is 9.04. The van der Waals surface area contributed by atoms with Crippen molar-refractivity contribution in [2.24, 2.45) is 0 Å². The van der Waals surface area contributed by atoms with Gasteiger partial charge in [0.05, 0.1) is 18.8 Å². The minimum atomic E-state index is -0.477. The number of morpholine rings is 1. The predicted octanol–water partition coefficient (Wildman–Crippen LogP) is 1.01. The Bertz CT molecular complexity index is 188. The summed E-state index contributed by atoms with van der Waals surface area (Å²) in [4.78, 5) is 2.41. The number of hydrogen-bond donors (Lipinski definition) is 1. The summed E-state index contributed by atoms with van der Waals surface area (Å²) in [5.41, 5.74) is -0.477. The van der Waals surface area contributed by atoms with Gasteiger partial charge in [0.15, 0.2) is 0 Å². The van der Waals surface area contributed by atoms with E-state index < -0.39 is 5.60 Å². The Morgan fingerprint density at radius 2 is 2.00 bits per heavy atom. The first-order valence-corrected chi connectivity index (χ1v) is 5.74. The van der Waals surface area contributed by atoms with Gasteiger partial charge in [-0.25, -0.2) is 0 Å². The largest absolute Gasteiger partial charge is 0.389 e. The van der Waals surface area contributed by atoms with Crippen LogP contribution in [-0.4, -0.2) is 48.0 Å². The quantitative estimate of drug-likeness (QED) is 0.684. The standard InChI is InChI=1S/C11H21NO2/c1-11(13)5-3-2-4-10(11)12-6-8-14-9-7-12/h10,13H,2-9H2,1H3. The van der Waals surface area contributed by atoms with E-state index >= 15 is 0 Å². The van der Waals surface area contributed by atoms with Crippen molar-refractivity contribution in [3.8, 4) is 0 Å². The Kier molecular flexibility index (Phi) is 3.10. The van der Waals surface area contributed by atoms with Crippen molar-refractivity contribution < 1.29 is 9.84 Å². The molecule has 1 saturated heterocycles. The van der Waals surface area contributed by atoms with Crippen LogP contribution < -0.4 is 0 Å². The Morgan fingerprint density at radius 3 is 2.64 bits per heavy atom. The van der Waals surface area contributed by atoms with Gasteiger partial charge in [0.2, 0.25) is 0 Å². The van der Waals surface area contributed by atoms with E-state index in [-0.39, 0.29) is 0 Å². The molecule has 0 spiro atoms. The van der Waals surface area contributed by atoms with E-state index in [2.05, 4.69) is 4.90 Å². The first-order valence-electron chi connectivity index (χ1n) is 5.74. The van der Waals surface area contributed by atoms with Crippen LogP contribution in [0.1, 0.15) is 32.6 Å². The SMILES string of the molecule is CC1(O)CCCCC1N1CCOCC1. The second-order valence-electron chi connectivity index (χ2n) is 4.77. The molecule has 1 aliphatic heterocycles. The predicted molar refractivity (Wildman–Crippen MR) is 55.3 cm³/mol. The first-order chi connectivity index (χ1) is 6.70. The van der Waals surface area contributed by atoms with E-state index in [1.54, 1.807) is 0 Å². The second-order valence-corrected chi connectivity index (χ2v) is 4.77. The summed E-state index contributed by atoms with van der Waals surface area (Å²) in [5.74, 6) is 0. The molecule has 2 atom stereocenters. The van der Waals surface area contributed by atoms with Gasteiger partial charge in [-0.15, -0.1) is 0 Å². The van der Waals surface area contributed by atoms with Crippen molar-refractivity contribution in [2.75, 3.05) is 26.3 Å². The molecule has 2 aliphatic rings. The smallest absolute Gasteiger partial charge is 0.0774 e. The molecule has 2 rings (SSSR count). The zero-order valence-corrected chi connectivity index (χ0v) is 9.04. The lowest BCUT2D eigenvalue weighted by Crippen LogP contribution is -2.55. The van der Waals surface area contributed by atoms with Gasteiger partial charge in [0.1, 0.15) is 0 Å². The highest BCUT2D eigenvalue weighted by Crippen LogP contribution is 2.32. The molecule has 14 heavy (non-hydrogen) atoms. The third-order valence-electron chi connectivity index (χ3n) is 3.61. The number of aliphatic hydroxyl groups is 1. The maximum absolute atomic E-state index is 10.3. The lowest BCUT2D eigenvalue weighted by molar-refractivity contribution is -0.0867. The van der Waals surface area contributed by atoms with Crippen LogP contribution in [0.15, 0.2) is 0 Å². The van der Waals surface area contributed by atoms with Crippen molar-refractivity contribution in [1.29, 1.82) is 0 Å². The Labute approximate surface area is 86.0 Å². The number of nitrogens with zero attached hydrogens (tertiary/aromatic N) is 1. The molecule has 3 nitrogen and oxygen atoms in total. The van der Waals surface area contributed by atoms with Gasteiger partial charge >= 0.3 is 0 Å². The van der Waals surface area contributed by atoms with Crippen LogP contribution in [-0.2, 0) is 4.74 Å². The number of hydrogen-bond acceptors (Lipinski definition) is 3. The van der Waals surface area contributed by atoms with Crippen LogP contribution in [0.4, 0.5) is 0 Å². The van der Waals surface area contributed by atoms with Crippen molar-refractivity contribution in [2.45, 2.75) is 44.2 Å². The third kappa shape index (κ3) is 2.10. The summed E-state index contributed by atoms with van der Waals surface area (Å²) in [6.45, 7) is 5.62. The zero-order chi connectivity index (χ0) is 10.0. The molecule has 0 aromatic heterocycles. The van der Waals surface area contributed by atoms with Crippen LogP contribution in [0, 0.1) is 0 Å². The van der Waals surface area contributed by atoms with Crippen LogP contribution in [0.3, 0.4) is 0 Å². The van der Waals surface area contributed by atoms with E-state index in [0.29, 0.717) is 6.04 Å². The average Bonchev–Trinajstić information content (AvgIpc) is 2.18. The van der Waals surface area contributed by atoms with Gasteiger partial charge < -0.3 is 9.84 Å².